The fourth-order valence-corrected chi connectivity index (χ4v) is 2.22. The fraction of sp³-hybridized carbons (Fsp3) is 0.357. The zero-order valence-corrected chi connectivity index (χ0v) is 11.2. The molecule has 2 aromatic rings. The van der Waals surface area contributed by atoms with Crippen molar-refractivity contribution in [3.63, 3.8) is 0 Å². The second-order valence-corrected chi connectivity index (χ2v) is 4.77. The van der Waals surface area contributed by atoms with Crippen molar-refractivity contribution in [1.82, 2.24) is 15.0 Å². The van der Waals surface area contributed by atoms with E-state index in [2.05, 4.69) is 10.4 Å². The van der Waals surface area contributed by atoms with Crippen molar-refractivity contribution in [1.29, 1.82) is 0 Å². The van der Waals surface area contributed by atoms with E-state index in [1.807, 2.05) is 30.8 Å². The van der Waals surface area contributed by atoms with Crippen molar-refractivity contribution in [3.8, 4) is 0 Å². The van der Waals surface area contributed by atoms with Gasteiger partial charge in [0, 0.05) is 31.9 Å². The van der Waals surface area contributed by atoms with Gasteiger partial charge in [0.1, 0.15) is 11.6 Å². The Kier molecular flexibility index (Phi) is 4.29. The predicted molar refractivity (Wildman–Crippen MR) is 72.7 cm³/mol. The van der Waals surface area contributed by atoms with Gasteiger partial charge >= 0.3 is 0 Å². The molecule has 3 N–H and O–H groups in total. The van der Waals surface area contributed by atoms with E-state index in [9.17, 15) is 4.39 Å². The molecule has 0 saturated heterocycles. The highest BCUT2D eigenvalue weighted by molar-refractivity contribution is 5.26. The molecule has 1 atom stereocenters. The summed E-state index contributed by atoms with van der Waals surface area (Å²) in [6.45, 7) is 1.87. The number of hydrogen-bond acceptors (Lipinski definition) is 3. The van der Waals surface area contributed by atoms with Crippen LogP contribution < -0.4 is 11.3 Å². The van der Waals surface area contributed by atoms with E-state index in [4.69, 9.17) is 5.84 Å². The summed E-state index contributed by atoms with van der Waals surface area (Å²) in [4.78, 5) is 4.27. The second-order valence-electron chi connectivity index (χ2n) is 4.77. The van der Waals surface area contributed by atoms with Gasteiger partial charge in [-0.2, -0.15) is 0 Å². The van der Waals surface area contributed by atoms with Crippen molar-refractivity contribution in [2.24, 2.45) is 12.9 Å². The maximum Gasteiger partial charge on any atom is 0.123 e. The Morgan fingerprint density at radius 3 is 2.79 bits per heavy atom. The number of hydrogen-bond donors (Lipinski definition) is 2. The van der Waals surface area contributed by atoms with Gasteiger partial charge < -0.3 is 4.57 Å². The smallest absolute Gasteiger partial charge is 0.123 e. The molecule has 0 spiro atoms. The van der Waals surface area contributed by atoms with Gasteiger partial charge in [-0.1, -0.05) is 6.07 Å². The molecular formula is C14H19FN4. The number of aromatic nitrogens is 2. The minimum absolute atomic E-state index is 0.0777. The Hall–Kier alpha value is -1.72. The van der Waals surface area contributed by atoms with Crippen LogP contribution in [-0.4, -0.2) is 9.55 Å². The fourth-order valence-electron chi connectivity index (χ4n) is 2.22. The van der Waals surface area contributed by atoms with Gasteiger partial charge in [0.05, 0.1) is 0 Å². The molecule has 0 aliphatic carbocycles. The van der Waals surface area contributed by atoms with E-state index in [-0.39, 0.29) is 11.9 Å². The highest BCUT2D eigenvalue weighted by atomic mass is 19.1. The van der Waals surface area contributed by atoms with Crippen LogP contribution in [0.3, 0.4) is 0 Å². The number of halogens is 1. The quantitative estimate of drug-likeness (QED) is 0.640. The number of benzene rings is 1. The lowest BCUT2D eigenvalue weighted by molar-refractivity contribution is 0.502. The van der Waals surface area contributed by atoms with E-state index in [0.29, 0.717) is 0 Å². The topological polar surface area (TPSA) is 55.9 Å². The molecular weight excluding hydrogens is 243 g/mol. The summed E-state index contributed by atoms with van der Waals surface area (Å²) in [7, 11) is 1.96. The summed E-state index contributed by atoms with van der Waals surface area (Å²) in [6.07, 6.45) is 5.23. The Morgan fingerprint density at radius 1 is 1.42 bits per heavy atom. The summed E-state index contributed by atoms with van der Waals surface area (Å²) >= 11 is 0. The number of nitrogens with one attached hydrogen (secondary N) is 1. The van der Waals surface area contributed by atoms with Gasteiger partial charge in [-0.15, -0.1) is 0 Å². The Balaban J connectivity index is 2.09. The minimum Gasteiger partial charge on any atom is -0.338 e. The second kappa shape index (κ2) is 5.95. The number of rotatable bonds is 5. The average molecular weight is 262 g/mol. The summed E-state index contributed by atoms with van der Waals surface area (Å²) in [5.41, 5.74) is 4.52. The molecule has 102 valence electrons. The van der Waals surface area contributed by atoms with Crippen LogP contribution in [-0.2, 0) is 13.5 Å². The minimum atomic E-state index is -0.229. The molecule has 0 bridgehead atoms. The first-order chi connectivity index (χ1) is 9.10. The highest BCUT2D eigenvalue weighted by Crippen LogP contribution is 2.20. The lowest BCUT2D eigenvalue weighted by Gasteiger charge is -2.17. The third-order valence-electron chi connectivity index (χ3n) is 3.25. The lowest BCUT2D eigenvalue weighted by atomic mass is 10.0. The molecule has 1 aromatic carbocycles. The van der Waals surface area contributed by atoms with Gasteiger partial charge in [-0.25, -0.2) is 9.37 Å². The Bertz CT molecular complexity index is 530. The van der Waals surface area contributed by atoms with Crippen LogP contribution in [0, 0.1) is 12.7 Å². The summed E-state index contributed by atoms with van der Waals surface area (Å²) in [5.74, 6) is 6.35. The molecule has 5 heteroatoms. The van der Waals surface area contributed by atoms with Crippen molar-refractivity contribution in [2.75, 3.05) is 0 Å². The summed E-state index contributed by atoms with van der Waals surface area (Å²) in [5, 5.41) is 0. The first kappa shape index (κ1) is 13.7. The van der Waals surface area contributed by atoms with Gasteiger partial charge in [0.15, 0.2) is 0 Å². The predicted octanol–water partition coefficient (Wildman–Crippen LogP) is 2.00. The third-order valence-corrected chi connectivity index (χ3v) is 3.25. The van der Waals surface area contributed by atoms with E-state index in [1.165, 1.54) is 12.1 Å². The van der Waals surface area contributed by atoms with Crippen molar-refractivity contribution < 1.29 is 4.39 Å². The molecule has 19 heavy (non-hydrogen) atoms. The third kappa shape index (κ3) is 3.39. The van der Waals surface area contributed by atoms with Crippen LogP contribution in [0.5, 0.6) is 0 Å². The van der Waals surface area contributed by atoms with Crippen LogP contribution in [0.15, 0.2) is 30.6 Å². The molecule has 1 unspecified atom stereocenters. The summed E-state index contributed by atoms with van der Waals surface area (Å²) < 4.78 is 15.4. The SMILES string of the molecule is Cc1cc(F)cc(C(CCc2nccn2C)NN)c1. The molecule has 0 radical (unpaired) electrons. The van der Waals surface area contributed by atoms with Gasteiger partial charge in [0.2, 0.25) is 0 Å². The van der Waals surface area contributed by atoms with E-state index >= 15 is 0 Å². The van der Waals surface area contributed by atoms with Crippen LogP contribution in [0.25, 0.3) is 0 Å². The number of hydrazine groups is 1. The zero-order chi connectivity index (χ0) is 13.8. The standard InChI is InChI=1S/C14H19FN4/c1-10-7-11(9-12(15)8-10)13(18-16)3-4-14-17-5-6-19(14)2/h5-9,13,18H,3-4,16H2,1-2H3. The maximum absolute atomic E-state index is 13.4. The Morgan fingerprint density at radius 2 is 2.21 bits per heavy atom. The average Bonchev–Trinajstić information content (AvgIpc) is 2.75. The number of imidazole rings is 1. The van der Waals surface area contributed by atoms with Crippen molar-refractivity contribution in [3.05, 3.63) is 53.4 Å². The van der Waals surface area contributed by atoms with Gasteiger partial charge in [0.25, 0.3) is 0 Å². The monoisotopic (exact) mass is 262 g/mol. The normalized spacial score (nSPS) is 12.6. The molecule has 0 aliphatic heterocycles. The molecule has 0 fully saturated rings. The molecule has 1 heterocycles. The maximum atomic E-state index is 13.4. The molecule has 2 rings (SSSR count). The largest absolute Gasteiger partial charge is 0.338 e. The first-order valence-electron chi connectivity index (χ1n) is 6.29. The van der Waals surface area contributed by atoms with Crippen molar-refractivity contribution >= 4 is 0 Å². The summed E-state index contributed by atoms with van der Waals surface area (Å²) in [6, 6.07) is 4.91. The molecule has 0 aliphatic rings. The molecule has 0 saturated carbocycles. The molecule has 0 amide bonds. The van der Waals surface area contributed by atoms with E-state index in [0.717, 1.165) is 29.8 Å². The first-order valence-corrected chi connectivity index (χ1v) is 6.29. The highest BCUT2D eigenvalue weighted by Gasteiger charge is 2.12. The van der Waals surface area contributed by atoms with Crippen LogP contribution in [0.2, 0.25) is 0 Å². The van der Waals surface area contributed by atoms with Crippen molar-refractivity contribution in [2.45, 2.75) is 25.8 Å². The van der Waals surface area contributed by atoms with Crippen LogP contribution in [0.1, 0.15) is 29.4 Å². The Labute approximate surface area is 112 Å². The van der Waals surface area contributed by atoms with Gasteiger partial charge in [-0.05, 0) is 36.6 Å². The van der Waals surface area contributed by atoms with Gasteiger partial charge in [-0.3, -0.25) is 11.3 Å². The number of nitrogens with zero attached hydrogens (tertiary/aromatic N) is 2. The number of aryl methyl sites for hydroxylation is 3. The number of nitrogens with two attached hydrogens (primary N) is 1. The van der Waals surface area contributed by atoms with Crippen LogP contribution in [0.4, 0.5) is 4.39 Å². The lowest BCUT2D eigenvalue weighted by Crippen LogP contribution is -2.28. The molecule has 1 aromatic heterocycles. The van der Waals surface area contributed by atoms with Crippen LogP contribution >= 0.6 is 0 Å². The van der Waals surface area contributed by atoms with E-state index < -0.39 is 0 Å². The molecule has 4 nitrogen and oxygen atoms in total. The van der Waals surface area contributed by atoms with E-state index in [1.54, 1.807) is 6.20 Å². The zero-order valence-electron chi connectivity index (χ0n) is 11.2.